The van der Waals surface area contributed by atoms with Gasteiger partial charge in [-0.05, 0) is 64.1 Å². The lowest BCUT2D eigenvalue weighted by Gasteiger charge is -2.12. The molecule has 0 bridgehead atoms. The summed E-state index contributed by atoms with van der Waals surface area (Å²) < 4.78 is 1.13. The lowest BCUT2D eigenvalue weighted by Crippen LogP contribution is -2.07. The van der Waals surface area contributed by atoms with Gasteiger partial charge in [-0.25, -0.2) is 0 Å². The van der Waals surface area contributed by atoms with Gasteiger partial charge in [-0.1, -0.05) is 24.3 Å². The molecule has 0 saturated carbocycles. The largest absolute Gasteiger partial charge is 0.378 e. The standard InChI is InChI=1S/C17H15IN2/c1-20(2)17-8-6-13(7-9-17)10-15(12-19)14-4-3-5-16(18)11-14/h3-11H,1-2H3/b15-10+. The first-order valence-corrected chi connectivity index (χ1v) is 7.33. The SMILES string of the molecule is CN(C)c1ccc(/C=C(\C#N)c2cccc(I)c2)cc1. The predicted molar refractivity (Wildman–Crippen MR) is 93.4 cm³/mol. The quantitative estimate of drug-likeness (QED) is 0.452. The first-order valence-electron chi connectivity index (χ1n) is 6.25. The van der Waals surface area contributed by atoms with E-state index in [2.05, 4.69) is 45.7 Å². The van der Waals surface area contributed by atoms with Crippen molar-refractivity contribution in [1.29, 1.82) is 5.26 Å². The molecule has 2 nitrogen and oxygen atoms in total. The summed E-state index contributed by atoms with van der Waals surface area (Å²) in [6.07, 6.45) is 1.92. The molecule has 0 heterocycles. The molecule has 0 fully saturated rings. The summed E-state index contributed by atoms with van der Waals surface area (Å²) in [6, 6.07) is 18.4. The molecule has 2 aromatic carbocycles. The zero-order valence-electron chi connectivity index (χ0n) is 11.5. The van der Waals surface area contributed by atoms with Crippen molar-refractivity contribution in [3.05, 3.63) is 63.2 Å². The molecule has 3 heteroatoms. The van der Waals surface area contributed by atoms with Gasteiger partial charge in [0.15, 0.2) is 0 Å². The maximum atomic E-state index is 9.35. The molecule has 0 aromatic heterocycles. The van der Waals surface area contributed by atoms with E-state index in [1.807, 2.05) is 56.6 Å². The van der Waals surface area contributed by atoms with E-state index in [4.69, 9.17) is 0 Å². The van der Waals surface area contributed by atoms with Crippen LogP contribution in [0.25, 0.3) is 11.6 Å². The highest BCUT2D eigenvalue weighted by Crippen LogP contribution is 2.21. The number of benzene rings is 2. The van der Waals surface area contributed by atoms with Crippen LogP contribution in [0.15, 0.2) is 48.5 Å². The van der Waals surface area contributed by atoms with Crippen LogP contribution in [0.3, 0.4) is 0 Å². The summed E-state index contributed by atoms with van der Waals surface area (Å²) in [5.74, 6) is 0. The molecule has 0 aliphatic heterocycles. The molecule has 0 N–H and O–H groups in total. The van der Waals surface area contributed by atoms with E-state index < -0.39 is 0 Å². The minimum atomic E-state index is 0.682. The number of halogens is 1. The van der Waals surface area contributed by atoms with E-state index in [-0.39, 0.29) is 0 Å². The topological polar surface area (TPSA) is 27.0 Å². The fourth-order valence-corrected chi connectivity index (χ4v) is 2.41. The van der Waals surface area contributed by atoms with Crippen molar-refractivity contribution in [3.63, 3.8) is 0 Å². The summed E-state index contributed by atoms with van der Waals surface area (Å²) >= 11 is 2.26. The Hall–Kier alpha value is -1.80. The Morgan fingerprint density at radius 3 is 2.40 bits per heavy atom. The molecule has 0 spiro atoms. The minimum absolute atomic E-state index is 0.682. The van der Waals surface area contributed by atoms with Gasteiger partial charge >= 0.3 is 0 Å². The monoisotopic (exact) mass is 374 g/mol. The van der Waals surface area contributed by atoms with Gasteiger partial charge in [0.05, 0.1) is 11.6 Å². The minimum Gasteiger partial charge on any atom is -0.378 e. The second-order valence-corrected chi connectivity index (χ2v) is 5.91. The maximum absolute atomic E-state index is 9.35. The van der Waals surface area contributed by atoms with Crippen molar-refractivity contribution >= 4 is 39.9 Å². The van der Waals surface area contributed by atoms with E-state index in [0.717, 1.165) is 20.4 Å². The molecule has 0 amide bonds. The van der Waals surface area contributed by atoms with E-state index in [9.17, 15) is 5.26 Å². The van der Waals surface area contributed by atoms with Gasteiger partial charge in [-0.3, -0.25) is 0 Å². The summed E-state index contributed by atoms with van der Waals surface area (Å²) in [4.78, 5) is 2.05. The van der Waals surface area contributed by atoms with Gasteiger partial charge in [0.2, 0.25) is 0 Å². The van der Waals surface area contributed by atoms with Crippen LogP contribution in [0.4, 0.5) is 5.69 Å². The Kier molecular flexibility index (Phi) is 4.80. The lowest BCUT2D eigenvalue weighted by atomic mass is 10.0. The van der Waals surface area contributed by atoms with Crippen LogP contribution in [0.5, 0.6) is 0 Å². The Morgan fingerprint density at radius 1 is 1.15 bits per heavy atom. The van der Waals surface area contributed by atoms with E-state index in [1.165, 1.54) is 0 Å². The third-order valence-corrected chi connectivity index (χ3v) is 3.65. The number of anilines is 1. The van der Waals surface area contributed by atoms with Crippen molar-refractivity contribution in [2.24, 2.45) is 0 Å². The van der Waals surface area contributed by atoms with E-state index in [1.54, 1.807) is 0 Å². The zero-order valence-corrected chi connectivity index (χ0v) is 13.6. The molecular weight excluding hydrogens is 359 g/mol. The van der Waals surface area contributed by atoms with Crippen LogP contribution >= 0.6 is 22.6 Å². The number of nitriles is 1. The summed E-state index contributed by atoms with van der Waals surface area (Å²) in [7, 11) is 4.02. The average Bonchev–Trinajstić information content (AvgIpc) is 2.45. The summed E-state index contributed by atoms with van der Waals surface area (Å²) in [6.45, 7) is 0. The van der Waals surface area contributed by atoms with Crippen LogP contribution in [0.2, 0.25) is 0 Å². The Labute approximate surface area is 133 Å². The smallest absolute Gasteiger partial charge is 0.0998 e. The van der Waals surface area contributed by atoms with E-state index in [0.29, 0.717) is 5.57 Å². The number of hydrogen-bond donors (Lipinski definition) is 0. The summed E-state index contributed by atoms with van der Waals surface area (Å²) in [5, 5.41) is 9.35. The van der Waals surface area contributed by atoms with Gasteiger partial charge in [-0.2, -0.15) is 5.26 Å². The fraction of sp³-hybridized carbons (Fsp3) is 0.118. The van der Waals surface area contributed by atoms with Gasteiger partial charge in [0, 0.05) is 23.4 Å². The van der Waals surface area contributed by atoms with Crippen LogP contribution in [0, 0.1) is 14.9 Å². The highest BCUT2D eigenvalue weighted by Gasteiger charge is 2.02. The number of nitrogens with zero attached hydrogens (tertiary/aromatic N) is 2. The van der Waals surface area contributed by atoms with Crippen LogP contribution in [-0.2, 0) is 0 Å². The summed E-state index contributed by atoms with van der Waals surface area (Å²) in [5.41, 5.74) is 3.82. The van der Waals surface area contributed by atoms with Crippen molar-refractivity contribution < 1.29 is 0 Å². The molecule has 0 saturated heterocycles. The van der Waals surface area contributed by atoms with E-state index >= 15 is 0 Å². The molecular formula is C17H15IN2. The van der Waals surface area contributed by atoms with Crippen molar-refractivity contribution in [3.8, 4) is 6.07 Å². The molecule has 2 rings (SSSR count). The third kappa shape index (κ3) is 3.61. The number of rotatable bonds is 3. The molecule has 100 valence electrons. The zero-order chi connectivity index (χ0) is 14.5. The van der Waals surface area contributed by atoms with Gasteiger partial charge in [0.1, 0.15) is 0 Å². The normalized spacial score (nSPS) is 11.0. The number of hydrogen-bond acceptors (Lipinski definition) is 2. The van der Waals surface area contributed by atoms with Crippen LogP contribution in [-0.4, -0.2) is 14.1 Å². The molecule has 2 aromatic rings. The fourth-order valence-electron chi connectivity index (χ4n) is 1.87. The van der Waals surface area contributed by atoms with Crippen molar-refractivity contribution in [2.45, 2.75) is 0 Å². The molecule has 0 unspecified atom stereocenters. The maximum Gasteiger partial charge on any atom is 0.0998 e. The first-order chi connectivity index (χ1) is 9.60. The molecule has 0 radical (unpaired) electrons. The van der Waals surface area contributed by atoms with Gasteiger partial charge in [-0.15, -0.1) is 0 Å². The predicted octanol–water partition coefficient (Wildman–Crippen LogP) is 4.42. The van der Waals surface area contributed by atoms with Crippen LogP contribution < -0.4 is 4.90 Å². The Balaban J connectivity index is 2.34. The second-order valence-electron chi connectivity index (χ2n) is 4.67. The molecule has 0 aliphatic carbocycles. The Morgan fingerprint density at radius 2 is 1.85 bits per heavy atom. The van der Waals surface area contributed by atoms with Crippen molar-refractivity contribution in [1.82, 2.24) is 0 Å². The highest BCUT2D eigenvalue weighted by molar-refractivity contribution is 14.1. The lowest BCUT2D eigenvalue weighted by molar-refractivity contribution is 1.13. The Bertz CT molecular complexity index is 664. The van der Waals surface area contributed by atoms with Gasteiger partial charge < -0.3 is 4.90 Å². The third-order valence-electron chi connectivity index (χ3n) is 2.98. The van der Waals surface area contributed by atoms with Crippen LogP contribution in [0.1, 0.15) is 11.1 Å². The van der Waals surface area contributed by atoms with Crippen molar-refractivity contribution in [2.75, 3.05) is 19.0 Å². The first kappa shape index (κ1) is 14.6. The number of allylic oxidation sites excluding steroid dienone is 1. The molecule has 0 atom stereocenters. The molecule has 20 heavy (non-hydrogen) atoms. The molecule has 0 aliphatic rings. The highest BCUT2D eigenvalue weighted by atomic mass is 127. The average molecular weight is 374 g/mol. The van der Waals surface area contributed by atoms with Gasteiger partial charge in [0.25, 0.3) is 0 Å². The second kappa shape index (κ2) is 6.58.